The van der Waals surface area contributed by atoms with Crippen molar-refractivity contribution >= 4 is 11.6 Å². The topological polar surface area (TPSA) is 12.0 Å². The molecule has 0 aromatic heterocycles. The summed E-state index contributed by atoms with van der Waals surface area (Å²) < 4.78 is 0. The first kappa shape index (κ1) is 16.1. The van der Waals surface area contributed by atoms with Crippen molar-refractivity contribution in [2.24, 2.45) is 0 Å². The molecule has 2 rings (SSSR count). The summed E-state index contributed by atoms with van der Waals surface area (Å²) in [6, 6.07) is 13.3. The van der Waals surface area contributed by atoms with Gasteiger partial charge < -0.3 is 5.32 Å². The third kappa shape index (κ3) is 3.48. The van der Waals surface area contributed by atoms with Crippen molar-refractivity contribution in [3.63, 3.8) is 0 Å². The van der Waals surface area contributed by atoms with Crippen LogP contribution in [0.5, 0.6) is 0 Å². The van der Waals surface area contributed by atoms with Crippen molar-refractivity contribution in [2.75, 3.05) is 7.05 Å². The molecule has 2 aromatic carbocycles. The maximum atomic E-state index is 6.31. The maximum absolute atomic E-state index is 6.31. The SMILES string of the molecule is CCc1ccc(CC)c(C(NC)c2ccc(C)c(Cl)c2)c1. The number of aryl methyl sites for hydroxylation is 3. The summed E-state index contributed by atoms with van der Waals surface area (Å²) in [6.45, 7) is 6.44. The molecule has 1 unspecified atom stereocenters. The van der Waals surface area contributed by atoms with E-state index in [1.807, 2.05) is 14.0 Å². The molecule has 0 saturated carbocycles. The number of hydrogen-bond donors (Lipinski definition) is 1. The standard InChI is InChI=1S/C19H24ClN/c1-5-14-8-10-15(6-2)17(11-14)19(21-4)16-9-7-13(3)18(20)12-16/h7-12,19,21H,5-6H2,1-4H3. The highest BCUT2D eigenvalue weighted by Gasteiger charge is 2.16. The highest BCUT2D eigenvalue weighted by Crippen LogP contribution is 2.29. The van der Waals surface area contributed by atoms with Crippen LogP contribution in [0.4, 0.5) is 0 Å². The average Bonchev–Trinajstić information content (AvgIpc) is 2.51. The quantitative estimate of drug-likeness (QED) is 0.812. The van der Waals surface area contributed by atoms with Crippen LogP contribution in [0.15, 0.2) is 36.4 Å². The van der Waals surface area contributed by atoms with E-state index in [2.05, 4.69) is 55.6 Å². The van der Waals surface area contributed by atoms with Crippen molar-refractivity contribution in [3.05, 3.63) is 69.2 Å². The molecule has 0 aliphatic carbocycles. The normalized spacial score (nSPS) is 12.4. The lowest BCUT2D eigenvalue weighted by molar-refractivity contribution is 0.682. The third-order valence-electron chi connectivity index (χ3n) is 4.13. The number of rotatable bonds is 5. The Balaban J connectivity index is 2.51. The summed E-state index contributed by atoms with van der Waals surface area (Å²) in [4.78, 5) is 0. The van der Waals surface area contributed by atoms with E-state index in [4.69, 9.17) is 11.6 Å². The number of nitrogens with one attached hydrogen (secondary N) is 1. The summed E-state index contributed by atoms with van der Waals surface area (Å²) in [6.07, 6.45) is 2.10. The van der Waals surface area contributed by atoms with Crippen LogP contribution in [0, 0.1) is 6.92 Å². The molecule has 1 nitrogen and oxygen atoms in total. The van der Waals surface area contributed by atoms with Gasteiger partial charge in [0.25, 0.3) is 0 Å². The van der Waals surface area contributed by atoms with Crippen molar-refractivity contribution in [2.45, 2.75) is 39.7 Å². The molecule has 0 saturated heterocycles. The Bertz CT molecular complexity index is 619. The van der Waals surface area contributed by atoms with Crippen molar-refractivity contribution in [3.8, 4) is 0 Å². The van der Waals surface area contributed by atoms with Gasteiger partial charge in [0.05, 0.1) is 6.04 Å². The van der Waals surface area contributed by atoms with Crippen LogP contribution in [0.1, 0.15) is 47.7 Å². The maximum Gasteiger partial charge on any atom is 0.0577 e. The lowest BCUT2D eigenvalue weighted by Crippen LogP contribution is -2.19. The molecule has 0 aliphatic rings. The molecule has 0 amide bonds. The minimum Gasteiger partial charge on any atom is -0.309 e. The van der Waals surface area contributed by atoms with Crippen LogP contribution in [0.2, 0.25) is 5.02 Å². The van der Waals surface area contributed by atoms with Gasteiger partial charge in [-0.05, 0) is 60.7 Å². The lowest BCUT2D eigenvalue weighted by Gasteiger charge is -2.22. The highest BCUT2D eigenvalue weighted by molar-refractivity contribution is 6.31. The average molecular weight is 302 g/mol. The Morgan fingerprint density at radius 1 is 1.05 bits per heavy atom. The summed E-state index contributed by atoms with van der Waals surface area (Å²) in [5.41, 5.74) is 6.47. The molecule has 0 bridgehead atoms. The van der Waals surface area contributed by atoms with E-state index in [0.29, 0.717) is 0 Å². The fourth-order valence-corrected chi connectivity index (χ4v) is 2.93. The van der Waals surface area contributed by atoms with Crippen LogP contribution >= 0.6 is 11.6 Å². The number of benzene rings is 2. The zero-order chi connectivity index (χ0) is 15.4. The van der Waals surface area contributed by atoms with Gasteiger partial charge in [0.2, 0.25) is 0 Å². The zero-order valence-electron chi connectivity index (χ0n) is 13.3. The molecule has 1 N–H and O–H groups in total. The molecule has 2 aromatic rings. The van der Waals surface area contributed by atoms with E-state index in [1.165, 1.54) is 22.3 Å². The van der Waals surface area contributed by atoms with E-state index in [9.17, 15) is 0 Å². The smallest absolute Gasteiger partial charge is 0.0577 e. The summed E-state index contributed by atoms with van der Waals surface area (Å²) in [5.74, 6) is 0. The van der Waals surface area contributed by atoms with E-state index >= 15 is 0 Å². The lowest BCUT2D eigenvalue weighted by atomic mass is 9.91. The number of halogens is 1. The van der Waals surface area contributed by atoms with Gasteiger partial charge in [0.1, 0.15) is 0 Å². The molecule has 0 fully saturated rings. The molecule has 0 heterocycles. The molecule has 0 spiro atoms. The Morgan fingerprint density at radius 2 is 1.81 bits per heavy atom. The first-order valence-electron chi connectivity index (χ1n) is 7.65. The van der Waals surface area contributed by atoms with Crippen molar-refractivity contribution in [1.82, 2.24) is 5.32 Å². The Hall–Kier alpha value is -1.31. The van der Waals surface area contributed by atoms with Crippen LogP contribution in [0.3, 0.4) is 0 Å². The van der Waals surface area contributed by atoms with Gasteiger partial charge in [0.15, 0.2) is 0 Å². The summed E-state index contributed by atoms with van der Waals surface area (Å²) >= 11 is 6.31. The molecule has 1 atom stereocenters. The monoisotopic (exact) mass is 301 g/mol. The zero-order valence-corrected chi connectivity index (χ0v) is 14.1. The fraction of sp³-hybridized carbons (Fsp3) is 0.368. The second-order valence-electron chi connectivity index (χ2n) is 5.47. The fourth-order valence-electron chi connectivity index (χ4n) is 2.75. The number of hydrogen-bond acceptors (Lipinski definition) is 1. The Labute approximate surface area is 133 Å². The molecule has 112 valence electrons. The van der Waals surface area contributed by atoms with E-state index in [-0.39, 0.29) is 6.04 Å². The van der Waals surface area contributed by atoms with Crippen molar-refractivity contribution in [1.29, 1.82) is 0 Å². The Morgan fingerprint density at radius 3 is 2.38 bits per heavy atom. The molecule has 2 heteroatoms. The second kappa shape index (κ2) is 7.11. The molecule has 21 heavy (non-hydrogen) atoms. The van der Waals surface area contributed by atoms with Crippen LogP contribution in [-0.2, 0) is 12.8 Å². The third-order valence-corrected chi connectivity index (χ3v) is 4.54. The molecular weight excluding hydrogens is 278 g/mol. The first-order chi connectivity index (χ1) is 10.1. The van der Waals surface area contributed by atoms with Gasteiger partial charge >= 0.3 is 0 Å². The summed E-state index contributed by atoms with van der Waals surface area (Å²) in [7, 11) is 2.01. The van der Waals surface area contributed by atoms with Gasteiger partial charge in [0, 0.05) is 5.02 Å². The van der Waals surface area contributed by atoms with Crippen LogP contribution in [-0.4, -0.2) is 7.05 Å². The van der Waals surface area contributed by atoms with Gasteiger partial charge in [-0.2, -0.15) is 0 Å². The minimum atomic E-state index is 0.185. The predicted molar refractivity (Wildman–Crippen MR) is 92.3 cm³/mol. The van der Waals surface area contributed by atoms with Crippen LogP contribution < -0.4 is 5.32 Å². The molecular formula is C19H24ClN. The molecule has 0 radical (unpaired) electrons. The van der Waals surface area contributed by atoms with Gasteiger partial charge in [-0.15, -0.1) is 0 Å². The minimum absolute atomic E-state index is 0.185. The van der Waals surface area contributed by atoms with Crippen molar-refractivity contribution < 1.29 is 0 Å². The summed E-state index contributed by atoms with van der Waals surface area (Å²) in [5, 5.41) is 4.28. The van der Waals surface area contributed by atoms with Crippen LogP contribution in [0.25, 0.3) is 0 Å². The highest BCUT2D eigenvalue weighted by atomic mass is 35.5. The second-order valence-corrected chi connectivity index (χ2v) is 5.88. The van der Waals surface area contributed by atoms with Gasteiger partial charge in [-0.1, -0.05) is 55.8 Å². The van der Waals surface area contributed by atoms with Gasteiger partial charge in [-0.3, -0.25) is 0 Å². The largest absolute Gasteiger partial charge is 0.309 e. The van der Waals surface area contributed by atoms with Gasteiger partial charge in [-0.25, -0.2) is 0 Å². The van der Waals surface area contributed by atoms with E-state index in [0.717, 1.165) is 23.4 Å². The van der Waals surface area contributed by atoms with E-state index in [1.54, 1.807) is 0 Å². The first-order valence-corrected chi connectivity index (χ1v) is 8.03. The Kier molecular flexibility index (Phi) is 5.44. The predicted octanol–water partition coefficient (Wildman–Crippen LogP) is 5.08. The van der Waals surface area contributed by atoms with E-state index < -0.39 is 0 Å². The molecule has 0 aliphatic heterocycles.